The molecule has 1 aliphatic rings. The largest absolute Gasteiger partial charge is 0.497 e. The molecule has 0 unspecified atom stereocenters. The Kier molecular flexibility index (Phi) is 8.77. The Labute approximate surface area is 186 Å². The quantitative estimate of drug-likeness (QED) is 0.607. The Hall–Kier alpha value is -2.53. The Morgan fingerprint density at radius 3 is 2.58 bits per heavy atom. The van der Waals surface area contributed by atoms with Gasteiger partial charge in [0.1, 0.15) is 11.5 Å². The van der Waals surface area contributed by atoms with Gasteiger partial charge in [-0.25, -0.2) is 0 Å². The van der Waals surface area contributed by atoms with Gasteiger partial charge in [-0.1, -0.05) is 31.2 Å². The maximum atomic E-state index is 12.4. The number of nitrogens with zero attached hydrogens (tertiary/aromatic N) is 1. The fourth-order valence-corrected chi connectivity index (χ4v) is 4.28. The van der Waals surface area contributed by atoms with Crippen molar-refractivity contribution >= 4 is 5.91 Å². The van der Waals surface area contributed by atoms with Gasteiger partial charge in [-0.15, -0.1) is 0 Å². The molecule has 1 aliphatic heterocycles. The zero-order valence-electron chi connectivity index (χ0n) is 19.2. The third-order valence-electron chi connectivity index (χ3n) is 6.19. The van der Waals surface area contributed by atoms with E-state index in [9.17, 15) is 4.79 Å². The van der Waals surface area contributed by atoms with Crippen LogP contribution in [0.4, 0.5) is 0 Å². The molecule has 1 N–H and O–H groups in total. The lowest BCUT2D eigenvalue weighted by atomic mass is 9.93. The van der Waals surface area contributed by atoms with E-state index < -0.39 is 0 Å². The minimum absolute atomic E-state index is 0.102. The average Bonchev–Trinajstić information content (AvgIpc) is 2.82. The molecule has 0 aromatic heterocycles. The third-order valence-corrected chi connectivity index (χ3v) is 6.19. The molecule has 0 radical (unpaired) electrons. The van der Waals surface area contributed by atoms with Crippen molar-refractivity contribution in [3.8, 4) is 11.5 Å². The van der Waals surface area contributed by atoms with E-state index in [0.29, 0.717) is 18.9 Å². The molecule has 168 valence electrons. The van der Waals surface area contributed by atoms with Crippen molar-refractivity contribution in [2.75, 3.05) is 27.3 Å². The molecule has 1 atom stereocenters. The maximum absolute atomic E-state index is 12.4. The van der Waals surface area contributed by atoms with E-state index in [1.54, 1.807) is 14.2 Å². The average molecular weight is 425 g/mol. The van der Waals surface area contributed by atoms with Crippen molar-refractivity contribution in [3.63, 3.8) is 0 Å². The molecule has 2 aromatic rings. The van der Waals surface area contributed by atoms with Crippen LogP contribution in [0.2, 0.25) is 0 Å². The number of amides is 1. The van der Waals surface area contributed by atoms with Crippen LogP contribution in [0.1, 0.15) is 49.3 Å². The maximum Gasteiger partial charge on any atom is 0.220 e. The molecule has 1 saturated heterocycles. The lowest BCUT2D eigenvalue weighted by Gasteiger charge is -2.32. The van der Waals surface area contributed by atoms with Gasteiger partial charge in [0.2, 0.25) is 5.91 Å². The topological polar surface area (TPSA) is 50.8 Å². The fourth-order valence-electron chi connectivity index (χ4n) is 4.28. The van der Waals surface area contributed by atoms with Crippen molar-refractivity contribution in [1.29, 1.82) is 0 Å². The highest BCUT2D eigenvalue weighted by Gasteiger charge is 2.20. The Balaban J connectivity index is 1.42. The van der Waals surface area contributed by atoms with Crippen LogP contribution in [0.15, 0.2) is 42.5 Å². The number of hydrogen-bond donors (Lipinski definition) is 1. The molecular formula is C26H36N2O3. The molecule has 5 heteroatoms. The Morgan fingerprint density at radius 1 is 1.10 bits per heavy atom. The fraction of sp³-hybridized carbons (Fsp3) is 0.500. The molecule has 0 aliphatic carbocycles. The number of piperidine rings is 1. The first kappa shape index (κ1) is 23.1. The molecule has 0 saturated carbocycles. The highest BCUT2D eigenvalue weighted by molar-refractivity contribution is 5.75. The third kappa shape index (κ3) is 7.00. The van der Waals surface area contributed by atoms with Gasteiger partial charge in [0, 0.05) is 37.7 Å². The minimum Gasteiger partial charge on any atom is -0.497 e. The molecule has 2 aromatic carbocycles. The molecule has 0 spiro atoms. The number of ether oxygens (including phenoxy) is 2. The highest BCUT2D eigenvalue weighted by atomic mass is 16.5. The van der Waals surface area contributed by atoms with Gasteiger partial charge in [-0.3, -0.25) is 9.69 Å². The van der Waals surface area contributed by atoms with E-state index in [2.05, 4.69) is 41.4 Å². The van der Waals surface area contributed by atoms with Crippen molar-refractivity contribution in [1.82, 2.24) is 10.2 Å². The van der Waals surface area contributed by atoms with Gasteiger partial charge in [0.15, 0.2) is 0 Å². The van der Waals surface area contributed by atoms with Crippen molar-refractivity contribution < 1.29 is 14.3 Å². The van der Waals surface area contributed by atoms with Crippen LogP contribution >= 0.6 is 0 Å². The van der Waals surface area contributed by atoms with Crippen LogP contribution in [-0.4, -0.2) is 38.1 Å². The number of rotatable bonds is 10. The van der Waals surface area contributed by atoms with Crippen molar-refractivity contribution in [3.05, 3.63) is 59.2 Å². The van der Waals surface area contributed by atoms with E-state index in [4.69, 9.17) is 9.47 Å². The van der Waals surface area contributed by atoms with Gasteiger partial charge in [0.25, 0.3) is 0 Å². The van der Waals surface area contributed by atoms with E-state index >= 15 is 0 Å². The van der Waals surface area contributed by atoms with E-state index in [0.717, 1.165) is 49.5 Å². The van der Waals surface area contributed by atoms with Gasteiger partial charge in [-0.05, 0) is 61.4 Å². The van der Waals surface area contributed by atoms with Crippen LogP contribution in [0.25, 0.3) is 0 Å². The molecule has 3 rings (SSSR count). The predicted molar refractivity (Wildman–Crippen MR) is 124 cm³/mol. The van der Waals surface area contributed by atoms with Crippen LogP contribution in [0.3, 0.4) is 0 Å². The summed E-state index contributed by atoms with van der Waals surface area (Å²) in [6.45, 7) is 5.89. The normalized spacial score (nSPS) is 16.7. The second-order valence-corrected chi connectivity index (χ2v) is 8.41. The first-order valence-corrected chi connectivity index (χ1v) is 11.4. The molecular weight excluding hydrogens is 388 g/mol. The summed E-state index contributed by atoms with van der Waals surface area (Å²) in [5, 5.41) is 3.04. The zero-order chi connectivity index (χ0) is 22.1. The van der Waals surface area contributed by atoms with Crippen LogP contribution in [0.5, 0.6) is 11.5 Å². The second-order valence-electron chi connectivity index (χ2n) is 8.41. The molecule has 31 heavy (non-hydrogen) atoms. The van der Waals surface area contributed by atoms with Crippen LogP contribution in [0, 0.1) is 5.92 Å². The summed E-state index contributed by atoms with van der Waals surface area (Å²) >= 11 is 0. The summed E-state index contributed by atoms with van der Waals surface area (Å²) in [5.74, 6) is 2.17. The standard InChI is InChI=1S/C26H36N2O3/c1-4-20-7-9-22(10-8-20)19-28-15-5-6-21(18-28)11-14-26(29)27-17-23-12-13-24(30-2)16-25(23)31-3/h7-10,12-13,16,21H,4-6,11,14-15,17-19H2,1-3H3,(H,27,29)/t21-/m1/s1. The summed E-state index contributed by atoms with van der Waals surface area (Å²) < 4.78 is 10.6. The monoisotopic (exact) mass is 424 g/mol. The van der Waals surface area contributed by atoms with E-state index in [1.807, 2.05) is 18.2 Å². The van der Waals surface area contributed by atoms with Crippen molar-refractivity contribution in [2.24, 2.45) is 5.92 Å². The Bertz CT molecular complexity index is 835. The summed E-state index contributed by atoms with van der Waals surface area (Å²) in [7, 11) is 3.26. The number of nitrogens with one attached hydrogen (secondary N) is 1. The molecule has 5 nitrogen and oxygen atoms in total. The lowest BCUT2D eigenvalue weighted by Crippen LogP contribution is -2.35. The highest BCUT2D eigenvalue weighted by Crippen LogP contribution is 2.25. The van der Waals surface area contributed by atoms with Gasteiger partial charge in [-0.2, -0.15) is 0 Å². The first-order valence-electron chi connectivity index (χ1n) is 11.4. The second kappa shape index (κ2) is 11.8. The number of likely N-dealkylation sites (tertiary alicyclic amines) is 1. The molecule has 1 fully saturated rings. The van der Waals surface area contributed by atoms with Crippen molar-refractivity contribution in [2.45, 2.75) is 52.1 Å². The van der Waals surface area contributed by atoms with Crippen LogP contribution in [-0.2, 0) is 24.3 Å². The summed E-state index contributed by atoms with van der Waals surface area (Å²) in [6.07, 6.45) is 5.02. The smallest absolute Gasteiger partial charge is 0.220 e. The SMILES string of the molecule is CCc1ccc(CN2CCC[C@H](CCC(=O)NCc3ccc(OC)cc3OC)C2)cc1. The minimum atomic E-state index is 0.102. The number of aryl methyl sites for hydroxylation is 1. The molecule has 0 bridgehead atoms. The molecule has 1 heterocycles. The number of carbonyl (C=O) groups excluding carboxylic acids is 1. The summed E-state index contributed by atoms with van der Waals surface area (Å²) in [5.41, 5.74) is 3.72. The number of hydrogen-bond acceptors (Lipinski definition) is 4. The zero-order valence-corrected chi connectivity index (χ0v) is 19.2. The summed E-state index contributed by atoms with van der Waals surface area (Å²) in [4.78, 5) is 15.0. The first-order chi connectivity index (χ1) is 15.1. The lowest BCUT2D eigenvalue weighted by molar-refractivity contribution is -0.121. The van der Waals surface area contributed by atoms with Gasteiger partial charge in [0.05, 0.1) is 14.2 Å². The number of methoxy groups -OCH3 is 2. The Morgan fingerprint density at radius 2 is 1.87 bits per heavy atom. The molecule has 1 amide bonds. The number of benzene rings is 2. The van der Waals surface area contributed by atoms with Gasteiger partial charge >= 0.3 is 0 Å². The van der Waals surface area contributed by atoms with E-state index in [-0.39, 0.29) is 5.91 Å². The predicted octanol–water partition coefficient (Wildman–Crippen LogP) is 4.57. The summed E-state index contributed by atoms with van der Waals surface area (Å²) in [6, 6.07) is 14.6. The van der Waals surface area contributed by atoms with Crippen LogP contribution < -0.4 is 14.8 Å². The van der Waals surface area contributed by atoms with E-state index in [1.165, 1.54) is 24.0 Å². The number of carbonyl (C=O) groups is 1. The van der Waals surface area contributed by atoms with Gasteiger partial charge < -0.3 is 14.8 Å².